The molecule has 4 heteroatoms. The van der Waals surface area contributed by atoms with Crippen molar-refractivity contribution < 1.29 is 0 Å². The number of halogens is 2. The molecule has 0 bridgehead atoms. The Morgan fingerprint density at radius 2 is 1.83 bits per heavy atom. The molecule has 2 N–H and O–H groups in total. The predicted octanol–water partition coefficient (Wildman–Crippen LogP) is 4.18. The number of anilines is 1. The second-order valence-corrected chi connectivity index (χ2v) is 4.98. The normalized spacial score (nSPS) is 10.4. The van der Waals surface area contributed by atoms with Crippen molar-refractivity contribution in [1.82, 2.24) is 0 Å². The van der Waals surface area contributed by atoms with Crippen molar-refractivity contribution >= 4 is 28.9 Å². The summed E-state index contributed by atoms with van der Waals surface area (Å²) < 4.78 is 0. The zero-order valence-corrected chi connectivity index (χ0v) is 11.5. The van der Waals surface area contributed by atoms with Crippen LogP contribution in [0.4, 0.5) is 5.69 Å². The third-order valence-corrected chi connectivity index (χ3v) is 3.48. The Bertz CT molecular complexity index is 555. The average molecular weight is 281 g/mol. The van der Waals surface area contributed by atoms with Crippen molar-refractivity contribution in [3.05, 3.63) is 63.6 Å². The van der Waals surface area contributed by atoms with Gasteiger partial charge in [-0.1, -0.05) is 59.1 Å². The van der Waals surface area contributed by atoms with Crippen LogP contribution in [-0.4, -0.2) is 0 Å². The first-order valence-corrected chi connectivity index (χ1v) is 6.35. The molecule has 0 saturated carbocycles. The van der Waals surface area contributed by atoms with Gasteiger partial charge in [0.05, 0.1) is 22.3 Å². The Hall–Kier alpha value is -1.22. The van der Waals surface area contributed by atoms with Crippen molar-refractivity contribution in [3.8, 4) is 0 Å². The highest BCUT2D eigenvalue weighted by Gasteiger charge is 2.09. The summed E-state index contributed by atoms with van der Waals surface area (Å²) in [6, 6.07) is 13.6. The molecule has 0 aliphatic carbocycles. The van der Waals surface area contributed by atoms with Gasteiger partial charge >= 0.3 is 0 Å². The first kappa shape index (κ1) is 13.2. The maximum Gasteiger partial charge on any atom is 0.0839 e. The predicted molar refractivity (Wildman–Crippen MR) is 78.0 cm³/mol. The van der Waals surface area contributed by atoms with E-state index >= 15 is 0 Å². The van der Waals surface area contributed by atoms with Gasteiger partial charge in [-0.3, -0.25) is 0 Å². The molecule has 94 valence electrons. The zero-order chi connectivity index (χ0) is 13.1. The van der Waals surface area contributed by atoms with Crippen LogP contribution in [0.15, 0.2) is 42.5 Å². The van der Waals surface area contributed by atoms with Gasteiger partial charge in [-0.15, -0.1) is 0 Å². The summed E-state index contributed by atoms with van der Waals surface area (Å²) in [5, 5.41) is 2.59. The molecule has 2 rings (SSSR count). The molecule has 18 heavy (non-hydrogen) atoms. The second kappa shape index (κ2) is 5.61. The van der Waals surface area contributed by atoms with Crippen LogP contribution in [0.3, 0.4) is 0 Å². The largest absolute Gasteiger partial charge is 0.305 e. The van der Waals surface area contributed by atoms with Crippen LogP contribution in [0.5, 0.6) is 0 Å². The van der Waals surface area contributed by atoms with Gasteiger partial charge in [-0.2, -0.15) is 0 Å². The van der Waals surface area contributed by atoms with E-state index in [0.29, 0.717) is 16.6 Å². The summed E-state index contributed by atoms with van der Waals surface area (Å²) >= 11 is 12.1. The van der Waals surface area contributed by atoms with E-state index in [1.54, 1.807) is 11.1 Å². The number of nitrogens with zero attached hydrogens (tertiary/aromatic N) is 1. The number of hydrazine groups is 1. The summed E-state index contributed by atoms with van der Waals surface area (Å²) in [6.07, 6.45) is 0. The van der Waals surface area contributed by atoms with Gasteiger partial charge in [-0.25, -0.2) is 5.84 Å². The third-order valence-electron chi connectivity index (χ3n) is 2.68. The summed E-state index contributed by atoms with van der Waals surface area (Å²) in [4.78, 5) is 0. The van der Waals surface area contributed by atoms with Gasteiger partial charge in [0.2, 0.25) is 0 Å². The molecule has 0 amide bonds. The molecule has 2 nitrogen and oxygen atoms in total. The number of hydrogen-bond acceptors (Lipinski definition) is 2. The standard InChI is InChI=1S/C14H14Cl2N2/c1-10-4-2-5-11(8-10)9-18(17)13-7-3-6-12(15)14(13)16/h2-8H,9,17H2,1H3. The van der Waals surface area contributed by atoms with Crippen LogP contribution < -0.4 is 10.9 Å². The molecule has 0 aromatic heterocycles. The lowest BCUT2D eigenvalue weighted by molar-refractivity contribution is 0.852. The van der Waals surface area contributed by atoms with E-state index < -0.39 is 0 Å². The zero-order valence-electron chi connectivity index (χ0n) is 10.0. The maximum absolute atomic E-state index is 6.13. The molecule has 0 aliphatic heterocycles. The molecule has 2 aromatic carbocycles. The van der Waals surface area contributed by atoms with Gasteiger partial charge in [0, 0.05) is 0 Å². The van der Waals surface area contributed by atoms with Crippen LogP contribution in [0.2, 0.25) is 10.0 Å². The molecule has 0 aliphatic rings. The highest BCUT2D eigenvalue weighted by molar-refractivity contribution is 6.43. The molecule has 0 spiro atoms. The van der Waals surface area contributed by atoms with Crippen molar-refractivity contribution in [2.24, 2.45) is 5.84 Å². The number of aryl methyl sites for hydroxylation is 1. The molecule has 0 atom stereocenters. The smallest absolute Gasteiger partial charge is 0.0839 e. The second-order valence-electron chi connectivity index (χ2n) is 4.19. The summed E-state index contributed by atoms with van der Waals surface area (Å²) in [5.41, 5.74) is 3.07. The van der Waals surface area contributed by atoms with Gasteiger partial charge in [0.25, 0.3) is 0 Å². The van der Waals surface area contributed by atoms with Crippen LogP contribution in [0, 0.1) is 6.92 Å². The molecular formula is C14H14Cl2N2. The van der Waals surface area contributed by atoms with Crippen LogP contribution in [-0.2, 0) is 6.54 Å². The minimum Gasteiger partial charge on any atom is -0.305 e. The van der Waals surface area contributed by atoms with E-state index in [1.165, 1.54) is 5.56 Å². The Morgan fingerprint density at radius 1 is 1.11 bits per heavy atom. The van der Waals surface area contributed by atoms with Crippen molar-refractivity contribution in [2.75, 3.05) is 5.01 Å². The fraction of sp³-hybridized carbons (Fsp3) is 0.143. The first-order valence-electron chi connectivity index (χ1n) is 5.59. The average Bonchev–Trinajstić information content (AvgIpc) is 2.32. The highest BCUT2D eigenvalue weighted by atomic mass is 35.5. The van der Waals surface area contributed by atoms with E-state index in [-0.39, 0.29) is 0 Å². The van der Waals surface area contributed by atoms with Gasteiger partial charge < -0.3 is 5.01 Å². The minimum atomic E-state index is 0.481. The fourth-order valence-corrected chi connectivity index (χ4v) is 2.21. The Labute approximate surface area is 117 Å². The topological polar surface area (TPSA) is 29.3 Å². The van der Waals surface area contributed by atoms with Crippen LogP contribution in [0.25, 0.3) is 0 Å². The van der Waals surface area contributed by atoms with E-state index in [2.05, 4.69) is 19.1 Å². The SMILES string of the molecule is Cc1cccc(CN(N)c2cccc(Cl)c2Cl)c1. The van der Waals surface area contributed by atoms with E-state index in [9.17, 15) is 0 Å². The molecule has 2 aromatic rings. The Morgan fingerprint density at radius 3 is 2.56 bits per heavy atom. The van der Waals surface area contributed by atoms with E-state index in [4.69, 9.17) is 29.0 Å². The summed E-state index contributed by atoms with van der Waals surface area (Å²) in [7, 11) is 0. The quantitative estimate of drug-likeness (QED) is 0.675. The van der Waals surface area contributed by atoms with E-state index in [0.717, 1.165) is 11.3 Å². The van der Waals surface area contributed by atoms with Crippen molar-refractivity contribution in [3.63, 3.8) is 0 Å². The highest BCUT2D eigenvalue weighted by Crippen LogP contribution is 2.31. The fourth-order valence-electron chi connectivity index (χ4n) is 1.81. The minimum absolute atomic E-state index is 0.481. The van der Waals surface area contributed by atoms with Gasteiger partial charge in [0.1, 0.15) is 0 Å². The third kappa shape index (κ3) is 2.96. The lowest BCUT2D eigenvalue weighted by atomic mass is 10.1. The van der Waals surface area contributed by atoms with Crippen molar-refractivity contribution in [2.45, 2.75) is 13.5 Å². The summed E-state index contributed by atoms with van der Waals surface area (Å²) in [6.45, 7) is 2.64. The molecule has 0 radical (unpaired) electrons. The molecule has 0 unspecified atom stereocenters. The summed E-state index contributed by atoms with van der Waals surface area (Å²) in [5.74, 6) is 6.04. The van der Waals surface area contributed by atoms with Gasteiger partial charge in [-0.05, 0) is 24.6 Å². The number of benzene rings is 2. The van der Waals surface area contributed by atoms with E-state index in [1.807, 2.05) is 24.3 Å². The van der Waals surface area contributed by atoms with Gasteiger partial charge in [0.15, 0.2) is 0 Å². The lowest BCUT2D eigenvalue weighted by Crippen LogP contribution is -2.30. The monoisotopic (exact) mass is 280 g/mol. The molecule has 0 fully saturated rings. The number of nitrogens with two attached hydrogens (primary N) is 1. The van der Waals surface area contributed by atoms with Crippen molar-refractivity contribution in [1.29, 1.82) is 0 Å². The molecule has 0 saturated heterocycles. The Balaban J connectivity index is 2.22. The molecular weight excluding hydrogens is 267 g/mol. The maximum atomic E-state index is 6.13. The van der Waals surface area contributed by atoms with Crippen LogP contribution in [0.1, 0.15) is 11.1 Å². The number of hydrogen-bond donors (Lipinski definition) is 1. The first-order chi connectivity index (χ1) is 8.58. The van der Waals surface area contributed by atoms with Crippen LogP contribution >= 0.6 is 23.2 Å². The Kier molecular flexibility index (Phi) is 4.12. The lowest BCUT2D eigenvalue weighted by Gasteiger charge is -2.20. The number of rotatable bonds is 3. The molecule has 0 heterocycles.